The quantitative estimate of drug-likeness (QED) is 0.669. The topological polar surface area (TPSA) is 147 Å². The average Bonchev–Trinajstić information content (AvgIpc) is 2.71. The molecule has 2 heterocycles. The fourth-order valence-corrected chi connectivity index (χ4v) is 4.27. The van der Waals surface area contributed by atoms with Crippen LogP contribution < -0.4 is 15.6 Å². The monoisotopic (exact) mass is 459 g/mol. The molecule has 0 atom stereocenters. The van der Waals surface area contributed by atoms with Crippen molar-refractivity contribution in [2.24, 2.45) is 9.81 Å². The Morgan fingerprint density at radius 1 is 1.31 bits per heavy atom. The summed E-state index contributed by atoms with van der Waals surface area (Å²) in [5.41, 5.74) is -0.741. The molecule has 0 radical (unpaired) electrons. The van der Waals surface area contributed by atoms with E-state index in [9.17, 15) is 18.3 Å². The lowest BCUT2D eigenvalue weighted by atomic mass is 9.92. The zero-order chi connectivity index (χ0) is 23.7. The van der Waals surface area contributed by atoms with Crippen molar-refractivity contribution >= 4 is 21.5 Å². The minimum Gasteiger partial charge on any atom is -0.505 e. The smallest absolute Gasteiger partial charge is 0.286 e. The van der Waals surface area contributed by atoms with E-state index in [1.54, 1.807) is 6.07 Å². The summed E-state index contributed by atoms with van der Waals surface area (Å²) in [6.45, 7) is 6.30. The van der Waals surface area contributed by atoms with E-state index in [2.05, 4.69) is 14.8 Å². The minimum atomic E-state index is -4.17. The highest BCUT2D eigenvalue weighted by Gasteiger charge is 2.30. The van der Waals surface area contributed by atoms with Crippen molar-refractivity contribution in [3.63, 3.8) is 0 Å². The summed E-state index contributed by atoms with van der Waals surface area (Å²) in [5.74, 6) is -0.450. The van der Waals surface area contributed by atoms with E-state index < -0.39 is 21.3 Å². The molecule has 0 saturated heterocycles. The molecule has 10 nitrogen and oxygen atoms in total. The van der Waals surface area contributed by atoms with Gasteiger partial charge in [0, 0.05) is 25.5 Å². The average molecular weight is 460 g/mol. The lowest BCUT2D eigenvalue weighted by Gasteiger charge is -2.21. The maximum Gasteiger partial charge on any atom is 0.286 e. The lowest BCUT2D eigenvalue weighted by Crippen LogP contribution is -2.35. The Hall–Kier alpha value is -3.39. The Labute approximate surface area is 186 Å². The first kappa shape index (κ1) is 23.3. The molecular formula is C21H25N5O5S. The van der Waals surface area contributed by atoms with Gasteiger partial charge in [0.15, 0.2) is 11.6 Å². The third-order valence-corrected chi connectivity index (χ3v) is 6.23. The van der Waals surface area contributed by atoms with Crippen LogP contribution in [0.15, 0.2) is 32.3 Å². The number of ether oxygens (including phenoxy) is 1. The number of anilines is 1. The highest BCUT2D eigenvalue weighted by Crippen LogP contribution is 2.33. The predicted molar refractivity (Wildman–Crippen MR) is 119 cm³/mol. The van der Waals surface area contributed by atoms with Crippen LogP contribution in [-0.2, 0) is 23.0 Å². The molecule has 0 fully saturated rings. The number of aromatic hydroxyl groups is 1. The highest BCUT2D eigenvalue weighted by atomic mass is 32.2. The summed E-state index contributed by atoms with van der Waals surface area (Å²) in [7, 11) is -2.76. The van der Waals surface area contributed by atoms with E-state index in [1.165, 1.54) is 23.9 Å². The third-order valence-electron chi connectivity index (χ3n) is 4.92. The van der Waals surface area contributed by atoms with Crippen LogP contribution in [-0.4, -0.2) is 36.3 Å². The summed E-state index contributed by atoms with van der Waals surface area (Å²) >= 11 is 0. The number of methoxy groups -OCH3 is 1. The molecular weight excluding hydrogens is 434 g/mol. The van der Waals surface area contributed by atoms with Crippen LogP contribution in [0.3, 0.4) is 0 Å². The van der Waals surface area contributed by atoms with Crippen LogP contribution in [0.5, 0.6) is 11.5 Å². The highest BCUT2D eigenvalue weighted by molar-refractivity contribution is 7.90. The Morgan fingerprint density at radius 3 is 2.66 bits per heavy atom. The van der Waals surface area contributed by atoms with Crippen LogP contribution in [0, 0.1) is 16.7 Å². The van der Waals surface area contributed by atoms with Gasteiger partial charge in [0.05, 0.1) is 18.9 Å². The summed E-state index contributed by atoms with van der Waals surface area (Å²) < 4.78 is 35.6. The molecule has 1 aliphatic rings. The van der Waals surface area contributed by atoms with Crippen molar-refractivity contribution in [3.8, 4) is 17.6 Å². The summed E-state index contributed by atoms with van der Waals surface area (Å²) in [6.07, 6.45) is 0.778. The number of hydrogen-bond donors (Lipinski definition) is 2. The van der Waals surface area contributed by atoms with Gasteiger partial charge >= 0.3 is 0 Å². The van der Waals surface area contributed by atoms with E-state index in [0.29, 0.717) is 12.2 Å². The first-order valence-electron chi connectivity index (χ1n) is 9.97. The fraction of sp³-hybridized carbons (Fsp3) is 0.429. The van der Waals surface area contributed by atoms with E-state index in [0.717, 1.165) is 0 Å². The molecule has 0 bridgehead atoms. The molecule has 1 aromatic heterocycles. The molecule has 1 aliphatic heterocycles. The largest absolute Gasteiger partial charge is 0.505 e. The number of amidine groups is 1. The third kappa shape index (κ3) is 4.75. The molecule has 0 aliphatic carbocycles. The Morgan fingerprint density at radius 2 is 2.03 bits per heavy atom. The number of benzene rings is 1. The van der Waals surface area contributed by atoms with Crippen molar-refractivity contribution in [3.05, 3.63) is 39.8 Å². The van der Waals surface area contributed by atoms with Gasteiger partial charge in [-0.15, -0.1) is 4.40 Å². The Balaban J connectivity index is 2.17. The summed E-state index contributed by atoms with van der Waals surface area (Å²) in [6, 6.07) is 6.36. The van der Waals surface area contributed by atoms with Gasteiger partial charge in [-0.25, -0.2) is 4.68 Å². The van der Waals surface area contributed by atoms with Gasteiger partial charge in [-0.2, -0.15) is 18.8 Å². The maximum atomic E-state index is 13.2. The molecule has 0 unspecified atom stereocenters. The first-order chi connectivity index (χ1) is 15.0. The number of rotatable bonds is 6. The normalized spacial score (nSPS) is 14.7. The van der Waals surface area contributed by atoms with Crippen molar-refractivity contribution < 1.29 is 18.3 Å². The van der Waals surface area contributed by atoms with Gasteiger partial charge in [-0.1, -0.05) is 20.8 Å². The molecule has 2 N–H and O–H groups in total. The maximum absolute atomic E-state index is 13.2. The van der Waals surface area contributed by atoms with Crippen LogP contribution in [0.4, 0.5) is 5.69 Å². The van der Waals surface area contributed by atoms with Crippen molar-refractivity contribution in [2.75, 3.05) is 12.4 Å². The second kappa shape index (κ2) is 8.63. The number of nitrogens with zero attached hydrogens (tertiary/aromatic N) is 4. The van der Waals surface area contributed by atoms with Crippen molar-refractivity contribution in [1.29, 1.82) is 5.26 Å². The van der Waals surface area contributed by atoms with Gasteiger partial charge in [-0.3, -0.25) is 4.79 Å². The molecule has 2 aromatic rings. The second-order valence-corrected chi connectivity index (χ2v) is 10.1. The first-order valence-corrected chi connectivity index (χ1v) is 11.4. The zero-order valence-electron chi connectivity index (χ0n) is 18.3. The van der Waals surface area contributed by atoms with E-state index in [4.69, 9.17) is 10.00 Å². The summed E-state index contributed by atoms with van der Waals surface area (Å²) in [5, 5.41) is 26.8. The number of nitriles is 1. The standard InChI is InChI=1S/C21H25N5O5S/c1-21(2,3)9-11-26-20(28)17(18(27)15(24-26)6-5-10-22)19-23-14-8-7-13(31-4)12-16(14)32(29,30)25-19/h7-8,12,27H,5-6,9,11H2,1-4H3,(H,23,25). The molecule has 0 spiro atoms. The van der Waals surface area contributed by atoms with Gasteiger partial charge in [0.1, 0.15) is 21.9 Å². The van der Waals surface area contributed by atoms with E-state index >= 15 is 0 Å². The number of sulfonamides is 1. The Bertz CT molecular complexity index is 1280. The lowest BCUT2D eigenvalue weighted by molar-refractivity contribution is 0.332. The number of aryl methyl sites for hydroxylation is 2. The number of fused-ring (bicyclic) bond motifs is 1. The van der Waals surface area contributed by atoms with Crippen LogP contribution in [0.2, 0.25) is 0 Å². The molecule has 32 heavy (non-hydrogen) atoms. The molecule has 1 aromatic carbocycles. The Kier molecular flexibility index (Phi) is 6.27. The molecule has 170 valence electrons. The van der Waals surface area contributed by atoms with Crippen LogP contribution in [0.1, 0.15) is 44.9 Å². The van der Waals surface area contributed by atoms with Crippen LogP contribution in [0.25, 0.3) is 0 Å². The van der Waals surface area contributed by atoms with Gasteiger partial charge in [0.2, 0.25) is 0 Å². The second-order valence-electron chi connectivity index (χ2n) is 8.57. The molecule has 0 amide bonds. The van der Waals surface area contributed by atoms with E-state index in [1.807, 2.05) is 26.8 Å². The predicted octanol–water partition coefficient (Wildman–Crippen LogP) is 2.41. The van der Waals surface area contributed by atoms with Crippen molar-refractivity contribution in [2.45, 2.75) is 51.5 Å². The van der Waals surface area contributed by atoms with Gasteiger partial charge in [-0.05, 0) is 24.0 Å². The molecule has 3 rings (SSSR count). The minimum absolute atomic E-state index is 0.0678. The number of aromatic nitrogens is 2. The fourth-order valence-electron chi connectivity index (χ4n) is 3.14. The van der Waals surface area contributed by atoms with Gasteiger partial charge < -0.3 is 15.2 Å². The number of hydrogen-bond acceptors (Lipinski definition) is 8. The summed E-state index contributed by atoms with van der Waals surface area (Å²) in [4.78, 5) is 13.1. The van der Waals surface area contributed by atoms with Gasteiger partial charge in [0.25, 0.3) is 15.6 Å². The SMILES string of the molecule is COc1ccc2c(c1)S(=O)(=O)N=C(c1c(O)c(CCC#N)nn(CCC(C)(C)C)c1=O)N2. The molecule has 0 saturated carbocycles. The van der Waals surface area contributed by atoms with E-state index in [-0.39, 0.29) is 52.5 Å². The zero-order valence-corrected chi connectivity index (χ0v) is 19.2. The van der Waals surface area contributed by atoms with Crippen molar-refractivity contribution in [1.82, 2.24) is 9.78 Å². The van der Waals surface area contributed by atoms with Crippen LogP contribution >= 0.6 is 0 Å². The molecule has 11 heteroatoms. The number of nitrogens with one attached hydrogen (secondary N) is 1.